The van der Waals surface area contributed by atoms with Gasteiger partial charge in [0.25, 0.3) is 0 Å². The largest absolute Gasteiger partial charge is 0.356 e. The zero-order valence-electron chi connectivity index (χ0n) is 18.1. The standard InChI is InChI=1S/C20H30N8OS.HI/c1-3-16-15-26-17(30-16)5-9-22-19(21-2)23-10-6-18(29)27-11-13-28(14-12-27)20-24-7-4-8-25-20;/h4,7-8,15H,3,5-6,9-14H2,1-2H3,(H2,21,22,23);1H. The first-order chi connectivity index (χ1) is 14.7. The van der Waals surface area contributed by atoms with Crippen LogP contribution in [0.15, 0.2) is 29.6 Å². The molecule has 0 spiro atoms. The van der Waals surface area contributed by atoms with Gasteiger partial charge < -0.3 is 20.4 Å². The maximum Gasteiger partial charge on any atom is 0.225 e. The Hall–Kier alpha value is -2.02. The maximum absolute atomic E-state index is 12.5. The van der Waals surface area contributed by atoms with E-state index in [0.29, 0.717) is 32.0 Å². The van der Waals surface area contributed by atoms with Crippen molar-refractivity contribution in [2.45, 2.75) is 26.2 Å². The van der Waals surface area contributed by atoms with E-state index in [-0.39, 0.29) is 29.9 Å². The van der Waals surface area contributed by atoms with Crippen molar-refractivity contribution in [3.63, 3.8) is 0 Å². The van der Waals surface area contributed by atoms with Gasteiger partial charge in [0.1, 0.15) is 0 Å². The van der Waals surface area contributed by atoms with E-state index in [4.69, 9.17) is 0 Å². The summed E-state index contributed by atoms with van der Waals surface area (Å²) < 4.78 is 0. The van der Waals surface area contributed by atoms with Crippen LogP contribution in [0.1, 0.15) is 23.2 Å². The summed E-state index contributed by atoms with van der Waals surface area (Å²) in [5.74, 6) is 1.59. The molecule has 1 amide bonds. The number of aliphatic imine (C=N–C) groups is 1. The van der Waals surface area contributed by atoms with Crippen molar-refractivity contribution in [3.8, 4) is 0 Å². The highest BCUT2D eigenvalue weighted by Gasteiger charge is 2.22. The molecule has 2 aromatic rings. The second-order valence-electron chi connectivity index (χ2n) is 6.92. The number of amides is 1. The number of hydrogen-bond acceptors (Lipinski definition) is 7. The summed E-state index contributed by atoms with van der Waals surface area (Å²) in [4.78, 5) is 35.0. The number of aryl methyl sites for hydroxylation is 1. The average Bonchev–Trinajstić information content (AvgIpc) is 3.26. The van der Waals surface area contributed by atoms with Crippen LogP contribution in [0.4, 0.5) is 5.95 Å². The Balaban J connectivity index is 0.00000341. The summed E-state index contributed by atoms with van der Waals surface area (Å²) in [6, 6.07) is 1.81. The third-order valence-corrected chi connectivity index (χ3v) is 6.10. The molecule has 0 atom stereocenters. The molecule has 0 radical (unpaired) electrons. The molecule has 0 bridgehead atoms. The highest BCUT2D eigenvalue weighted by atomic mass is 127. The number of guanidine groups is 1. The first kappa shape index (κ1) is 25.2. The Kier molecular flexibility index (Phi) is 10.9. The van der Waals surface area contributed by atoms with Crippen molar-refractivity contribution in [1.82, 2.24) is 30.5 Å². The van der Waals surface area contributed by atoms with Gasteiger partial charge in [-0.2, -0.15) is 0 Å². The van der Waals surface area contributed by atoms with E-state index in [0.717, 1.165) is 43.4 Å². The SMILES string of the molecule is CCc1cnc(CCNC(=NC)NCCC(=O)N2CCN(c3ncccn3)CC2)s1.I. The van der Waals surface area contributed by atoms with Crippen LogP contribution in [0, 0.1) is 0 Å². The number of hydrogen-bond donors (Lipinski definition) is 2. The highest BCUT2D eigenvalue weighted by Crippen LogP contribution is 2.13. The van der Waals surface area contributed by atoms with Gasteiger partial charge in [-0.05, 0) is 12.5 Å². The van der Waals surface area contributed by atoms with Gasteiger partial charge in [-0.1, -0.05) is 6.92 Å². The number of thiazole rings is 1. The van der Waals surface area contributed by atoms with Crippen LogP contribution in [0.2, 0.25) is 0 Å². The van der Waals surface area contributed by atoms with Crippen LogP contribution in [0.3, 0.4) is 0 Å². The fraction of sp³-hybridized carbons (Fsp3) is 0.550. The number of aromatic nitrogens is 3. The molecule has 0 unspecified atom stereocenters. The summed E-state index contributed by atoms with van der Waals surface area (Å²) in [6.45, 7) is 6.34. The lowest BCUT2D eigenvalue weighted by molar-refractivity contribution is -0.131. The molecular weight excluding hydrogens is 527 g/mol. The van der Waals surface area contributed by atoms with Gasteiger partial charge >= 0.3 is 0 Å². The molecule has 2 N–H and O–H groups in total. The number of carbonyl (C=O) groups excluding carboxylic acids is 1. The molecule has 1 saturated heterocycles. The van der Waals surface area contributed by atoms with E-state index in [1.165, 1.54) is 4.88 Å². The van der Waals surface area contributed by atoms with Gasteiger partial charge in [-0.15, -0.1) is 35.3 Å². The van der Waals surface area contributed by atoms with E-state index in [9.17, 15) is 4.79 Å². The lowest BCUT2D eigenvalue weighted by Crippen LogP contribution is -2.50. The van der Waals surface area contributed by atoms with Gasteiger partial charge in [-0.3, -0.25) is 9.79 Å². The first-order valence-corrected chi connectivity index (χ1v) is 11.2. The third kappa shape index (κ3) is 7.87. The van der Waals surface area contributed by atoms with Crippen LogP contribution in [-0.2, 0) is 17.6 Å². The molecular formula is C20H31IN8OS. The van der Waals surface area contributed by atoms with E-state index in [1.807, 2.05) is 11.1 Å². The number of carbonyl (C=O) groups is 1. The van der Waals surface area contributed by atoms with Crippen LogP contribution < -0.4 is 15.5 Å². The quantitative estimate of drug-likeness (QED) is 0.288. The topological polar surface area (TPSA) is 98.6 Å². The summed E-state index contributed by atoms with van der Waals surface area (Å²) in [5, 5.41) is 7.63. The molecule has 3 heterocycles. The number of piperazine rings is 1. The Morgan fingerprint density at radius 1 is 1.13 bits per heavy atom. The number of anilines is 1. The first-order valence-electron chi connectivity index (χ1n) is 10.4. The molecule has 0 aliphatic carbocycles. The van der Waals surface area contributed by atoms with Crippen LogP contribution in [0.5, 0.6) is 0 Å². The van der Waals surface area contributed by atoms with Crippen molar-refractivity contribution in [2.24, 2.45) is 4.99 Å². The molecule has 31 heavy (non-hydrogen) atoms. The highest BCUT2D eigenvalue weighted by molar-refractivity contribution is 14.0. The molecule has 1 aliphatic rings. The summed E-state index contributed by atoms with van der Waals surface area (Å²) in [6.07, 6.45) is 7.76. The van der Waals surface area contributed by atoms with Gasteiger partial charge in [0.15, 0.2) is 5.96 Å². The summed E-state index contributed by atoms with van der Waals surface area (Å²) in [7, 11) is 1.74. The Morgan fingerprint density at radius 3 is 2.48 bits per heavy atom. The number of nitrogens with one attached hydrogen (secondary N) is 2. The number of halogens is 1. The fourth-order valence-electron chi connectivity index (χ4n) is 3.19. The second kappa shape index (κ2) is 13.4. The Bertz CT molecular complexity index is 824. The van der Waals surface area contributed by atoms with E-state index in [1.54, 1.807) is 36.8 Å². The zero-order valence-corrected chi connectivity index (χ0v) is 21.2. The van der Waals surface area contributed by atoms with Crippen LogP contribution in [-0.4, -0.2) is 78.0 Å². The second-order valence-corrected chi connectivity index (χ2v) is 8.12. The van der Waals surface area contributed by atoms with Crippen molar-refractivity contribution in [2.75, 3.05) is 51.2 Å². The van der Waals surface area contributed by atoms with Crippen LogP contribution >= 0.6 is 35.3 Å². The molecule has 1 aliphatic heterocycles. The van der Waals surface area contributed by atoms with E-state index in [2.05, 4.69) is 42.4 Å². The average molecular weight is 558 g/mol. The monoisotopic (exact) mass is 558 g/mol. The number of rotatable bonds is 8. The predicted octanol–water partition coefficient (Wildman–Crippen LogP) is 1.56. The van der Waals surface area contributed by atoms with Crippen molar-refractivity contribution in [1.29, 1.82) is 0 Å². The van der Waals surface area contributed by atoms with Gasteiger partial charge in [-0.25, -0.2) is 15.0 Å². The van der Waals surface area contributed by atoms with Gasteiger partial charge in [0.2, 0.25) is 11.9 Å². The summed E-state index contributed by atoms with van der Waals surface area (Å²) >= 11 is 1.76. The molecule has 11 heteroatoms. The maximum atomic E-state index is 12.5. The van der Waals surface area contributed by atoms with Crippen molar-refractivity contribution < 1.29 is 4.79 Å². The number of nitrogens with zero attached hydrogens (tertiary/aromatic N) is 6. The van der Waals surface area contributed by atoms with E-state index >= 15 is 0 Å². The normalized spacial score (nSPS) is 14.2. The van der Waals surface area contributed by atoms with Crippen molar-refractivity contribution >= 4 is 53.1 Å². The van der Waals surface area contributed by atoms with Crippen molar-refractivity contribution in [3.05, 3.63) is 34.5 Å². The minimum Gasteiger partial charge on any atom is -0.356 e. The van der Waals surface area contributed by atoms with Gasteiger partial charge in [0, 0.05) is 82.6 Å². The molecule has 9 nitrogen and oxygen atoms in total. The van der Waals surface area contributed by atoms with E-state index < -0.39 is 0 Å². The molecule has 0 aromatic carbocycles. The third-order valence-electron chi connectivity index (χ3n) is 4.90. The van der Waals surface area contributed by atoms with Crippen LogP contribution in [0.25, 0.3) is 0 Å². The molecule has 170 valence electrons. The minimum absolute atomic E-state index is 0. The van der Waals surface area contributed by atoms with Gasteiger partial charge in [0.05, 0.1) is 5.01 Å². The predicted molar refractivity (Wildman–Crippen MR) is 135 cm³/mol. The lowest BCUT2D eigenvalue weighted by Gasteiger charge is -2.34. The Labute approximate surface area is 204 Å². The molecule has 2 aromatic heterocycles. The molecule has 1 fully saturated rings. The smallest absolute Gasteiger partial charge is 0.225 e. The zero-order chi connectivity index (χ0) is 21.2. The fourth-order valence-corrected chi connectivity index (χ4v) is 4.05. The molecule has 3 rings (SSSR count). The Morgan fingerprint density at radius 2 is 1.84 bits per heavy atom. The lowest BCUT2D eigenvalue weighted by atomic mass is 10.3. The summed E-state index contributed by atoms with van der Waals surface area (Å²) in [5.41, 5.74) is 0. The minimum atomic E-state index is 0. The molecule has 0 saturated carbocycles.